The number of hydrogen-bond acceptors (Lipinski definition) is 4. The number of nitro groups is 1. The lowest BCUT2D eigenvalue weighted by Gasteiger charge is -2.07. The van der Waals surface area contributed by atoms with Crippen molar-refractivity contribution in [1.29, 1.82) is 0 Å². The van der Waals surface area contributed by atoms with Gasteiger partial charge in [0, 0.05) is 16.9 Å². The Balaban J connectivity index is 2.93. The molecule has 0 bridgehead atoms. The Labute approximate surface area is 93.2 Å². The van der Waals surface area contributed by atoms with Crippen molar-refractivity contribution in [3.8, 4) is 0 Å². The van der Waals surface area contributed by atoms with Gasteiger partial charge in [-0.1, -0.05) is 19.1 Å². The lowest BCUT2D eigenvalue weighted by molar-refractivity contribution is -0.529. The molecular formula is C11H13NO4. The van der Waals surface area contributed by atoms with Crippen LogP contribution in [-0.2, 0) is 4.74 Å². The van der Waals surface area contributed by atoms with Gasteiger partial charge in [0.1, 0.15) is 0 Å². The summed E-state index contributed by atoms with van der Waals surface area (Å²) in [5.74, 6) is -0.444. The van der Waals surface area contributed by atoms with Gasteiger partial charge in [0.05, 0.1) is 12.7 Å². The number of ether oxygens (including phenoxy) is 1. The van der Waals surface area contributed by atoms with Crippen LogP contribution in [0.15, 0.2) is 24.3 Å². The predicted molar refractivity (Wildman–Crippen MR) is 57.8 cm³/mol. The smallest absolute Gasteiger partial charge is 0.337 e. The van der Waals surface area contributed by atoms with E-state index in [4.69, 9.17) is 0 Å². The third-order valence-electron chi connectivity index (χ3n) is 2.36. The van der Waals surface area contributed by atoms with E-state index in [1.807, 2.05) is 0 Å². The minimum absolute atomic E-state index is 0.326. The van der Waals surface area contributed by atoms with Gasteiger partial charge >= 0.3 is 5.97 Å². The van der Waals surface area contributed by atoms with E-state index in [9.17, 15) is 14.9 Å². The topological polar surface area (TPSA) is 69.4 Å². The van der Waals surface area contributed by atoms with Crippen molar-refractivity contribution in [2.75, 3.05) is 7.11 Å². The molecule has 0 aliphatic rings. The molecule has 16 heavy (non-hydrogen) atoms. The van der Waals surface area contributed by atoms with Crippen molar-refractivity contribution in [2.45, 2.75) is 19.4 Å². The van der Waals surface area contributed by atoms with Crippen molar-refractivity contribution in [3.05, 3.63) is 45.5 Å². The van der Waals surface area contributed by atoms with Crippen LogP contribution >= 0.6 is 0 Å². The van der Waals surface area contributed by atoms with E-state index in [-0.39, 0.29) is 4.92 Å². The van der Waals surface area contributed by atoms with Crippen LogP contribution in [0.1, 0.15) is 35.3 Å². The van der Waals surface area contributed by atoms with Gasteiger partial charge in [-0.25, -0.2) is 4.79 Å². The number of esters is 1. The lowest BCUT2D eigenvalue weighted by Crippen LogP contribution is -2.09. The number of nitrogens with zero attached hydrogens (tertiary/aromatic N) is 1. The van der Waals surface area contributed by atoms with Gasteiger partial charge in [0.15, 0.2) is 0 Å². The van der Waals surface area contributed by atoms with Crippen LogP contribution in [-0.4, -0.2) is 18.0 Å². The summed E-state index contributed by atoms with van der Waals surface area (Å²) in [6.45, 7) is 1.75. The molecule has 0 radical (unpaired) electrons. The van der Waals surface area contributed by atoms with Gasteiger partial charge in [0.2, 0.25) is 6.04 Å². The number of hydrogen-bond donors (Lipinski definition) is 0. The van der Waals surface area contributed by atoms with Crippen LogP contribution in [0, 0.1) is 10.1 Å². The molecular weight excluding hydrogens is 210 g/mol. The fourth-order valence-corrected chi connectivity index (χ4v) is 1.47. The van der Waals surface area contributed by atoms with Crippen LogP contribution in [0.5, 0.6) is 0 Å². The Morgan fingerprint density at radius 1 is 1.44 bits per heavy atom. The molecule has 0 amide bonds. The fourth-order valence-electron chi connectivity index (χ4n) is 1.47. The number of benzene rings is 1. The summed E-state index contributed by atoms with van der Waals surface area (Å²) in [5, 5.41) is 10.7. The Hall–Kier alpha value is -1.91. The average molecular weight is 223 g/mol. The molecule has 0 aliphatic carbocycles. The van der Waals surface area contributed by atoms with E-state index in [0.717, 1.165) is 0 Å². The summed E-state index contributed by atoms with van der Waals surface area (Å²) in [6.07, 6.45) is 0.421. The third-order valence-corrected chi connectivity index (χ3v) is 2.36. The van der Waals surface area contributed by atoms with E-state index in [2.05, 4.69) is 4.74 Å². The van der Waals surface area contributed by atoms with Crippen molar-refractivity contribution in [1.82, 2.24) is 0 Å². The number of carbonyl (C=O) groups is 1. The van der Waals surface area contributed by atoms with Crippen molar-refractivity contribution in [2.24, 2.45) is 0 Å². The quantitative estimate of drug-likeness (QED) is 0.445. The van der Waals surface area contributed by atoms with Crippen LogP contribution in [0.25, 0.3) is 0 Å². The van der Waals surface area contributed by atoms with Crippen LogP contribution in [0.3, 0.4) is 0 Å². The second-order valence-corrected chi connectivity index (χ2v) is 3.32. The summed E-state index contributed by atoms with van der Waals surface area (Å²) in [4.78, 5) is 21.5. The van der Waals surface area contributed by atoms with Gasteiger partial charge in [-0.3, -0.25) is 10.1 Å². The largest absolute Gasteiger partial charge is 0.465 e. The summed E-state index contributed by atoms with van der Waals surface area (Å²) in [5.41, 5.74) is 0.990. The second kappa shape index (κ2) is 5.25. The molecule has 0 saturated carbocycles. The molecule has 1 aromatic rings. The molecule has 0 spiro atoms. The number of carbonyl (C=O) groups excluding carboxylic acids is 1. The minimum Gasteiger partial charge on any atom is -0.465 e. The Morgan fingerprint density at radius 3 is 2.38 bits per heavy atom. The van der Waals surface area contributed by atoms with E-state index >= 15 is 0 Å². The number of rotatable bonds is 4. The molecule has 86 valence electrons. The highest BCUT2D eigenvalue weighted by Crippen LogP contribution is 2.20. The van der Waals surface area contributed by atoms with Gasteiger partial charge in [-0.2, -0.15) is 0 Å². The van der Waals surface area contributed by atoms with Crippen molar-refractivity contribution < 1.29 is 14.5 Å². The van der Waals surface area contributed by atoms with Crippen LogP contribution in [0.2, 0.25) is 0 Å². The molecule has 1 rings (SSSR count). The molecule has 0 aliphatic heterocycles. The summed E-state index contributed by atoms with van der Waals surface area (Å²) < 4.78 is 4.54. The zero-order valence-electron chi connectivity index (χ0n) is 9.17. The molecule has 5 nitrogen and oxygen atoms in total. The first-order valence-corrected chi connectivity index (χ1v) is 4.92. The molecule has 0 heterocycles. The van der Waals surface area contributed by atoms with E-state index in [1.54, 1.807) is 19.1 Å². The normalized spacial score (nSPS) is 11.9. The highest BCUT2D eigenvalue weighted by molar-refractivity contribution is 5.89. The van der Waals surface area contributed by atoms with Gasteiger partial charge < -0.3 is 4.74 Å². The van der Waals surface area contributed by atoms with Crippen LogP contribution < -0.4 is 0 Å². The first kappa shape index (κ1) is 12.2. The third kappa shape index (κ3) is 2.56. The molecule has 0 N–H and O–H groups in total. The van der Waals surface area contributed by atoms with E-state index < -0.39 is 12.0 Å². The molecule has 0 aromatic heterocycles. The predicted octanol–water partition coefficient (Wildman–Crippen LogP) is 2.20. The maximum atomic E-state index is 11.1. The molecule has 5 heteroatoms. The van der Waals surface area contributed by atoms with Crippen LogP contribution in [0.4, 0.5) is 0 Å². The summed E-state index contributed by atoms with van der Waals surface area (Å²) >= 11 is 0. The van der Waals surface area contributed by atoms with E-state index in [0.29, 0.717) is 17.5 Å². The molecule has 0 fully saturated rings. The highest BCUT2D eigenvalue weighted by atomic mass is 16.6. The minimum atomic E-state index is -0.716. The maximum absolute atomic E-state index is 11.1. The molecule has 1 aromatic carbocycles. The summed E-state index contributed by atoms with van der Waals surface area (Å²) in [6, 6.07) is 5.53. The molecule has 1 unspecified atom stereocenters. The number of methoxy groups -OCH3 is 1. The fraction of sp³-hybridized carbons (Fsp3) is 0.364. The second-order valence-electron chi connectivity index (χ2n) is 3.32. The van der Waals surface area contributed by atoms with Gasteiger partial charge in [-0.05, 0) is 12.1 Å². The molecule has 0 saturated heterocycles. The van der Waals surface area contributed by atoms with Crippen molar-refractivity contribution >= 4 is 5.97 Å². The van der Waals surface area contributed by atoms with Gasteiger partial charge in [0.25, 0.3) is 0 Å². The highest BCUT2D eigenvalue weighted by Gasteiger charge is 2.20. The monoisotopic (exact) mass is 223 g/mol. The van der Waals surface area contributed by atoms with Crippen molar-refractivity contribution in [3.63, 3.8) is 0 Å². The summed E-state index contributed by atoms with van der Waals surface area (Å²) in [7, 11) is 1.29. The Kier molecular flexibility index (Phi) is 3.99. The Morgan fingerprint density at radius 2 is 2.00 bits per heavy atom. The van der Waals surface area contributed by atoms with Gasteiger partial charge in [-0.15, -0.1) is 0 Å². The SMILES string of the molecule is CCC(c1ccc(C(=O)OC)cc1)[N+](=O)[O-]. The zero-order valence-corrected chi connectivity index (χ0v) is 9.17. The lowest BCUT2D eigenvalue weighted by atomic mass is 10.0. The first-order chi connectivity index (χ1) is 7.60. The Bertz CT molecular complexity index is 385. The van der Waals surface area contributed by atoms with E-state index in [1.165, 1.54) is 19.2 Å². The first-order valence-electron chi connectivity index (χ1n) is 4.92. The average Bonchev–Trinajstić information content (AvgIpc) is 2.29. The maximum Gasteiger partial charge on any atom is 0.337 e. The standard InChI is InChI=1S/C11H13NO4/c1-3-10(12(14)15)8-4-6-9(7-5-8)11(13)16-2/h4-7,10H,3H2,1-2H3. The zero-order chi connectivity index (χ0) is 12.1. The molecule has 1 atom stereocenters.